The van der Waals surface area contributed by atoms with E-state index in [9.17, 15) is 22.0 Å². The van der Waals surface area contributed by atoms with E-state index in [-0.39, 0.29) is 6.42 Å². The van der Waals surface area contributed by atoms with E-state index in [2.05, 4.69) is 4.74 Å². The Hall–Kier alpha value is -0.800. The molecule has 3 aliphatic heterocycles. The molecule has 19 heavy (non-hydrogen) atoms. The van der Waals surface area contributed by atoms with Crippen molar-refractivity contribution in [1.29, 1.82) is 0 Å². The maximum atomic E-state index is 12.8. The zero-order valence-electron chi connectivity index (χ0n) is 10.1. The van der Waals surface area contributed by atoms with Crippen LogP contribution < -0.4 is 0 Å². The molecule has 0 aromatic carbocycles. The average Bonchev–Trinajstić information content (AvgIpc) is 2.68. The van der Waals surface area contributed by atoms with Crippen LogP contribution in [-0.4, -0.2) is 49.5 Å². The summed E-state index contributed by atoms with van der Waals surface area (Å²) in [5.41, 5.74) is -1.13. The number of carbonyl (C=O) groups excluding carboxylic acids is 1. The maximum Gasteiger partial charge on any atom is 0.377 e. The maximum absolute atomic E-state index is 12.8. The number of ether oxygens (including phenoxy) is 2. The van der Waals surface area contributed by atoms with Crippen LogP contribution in [-0.2, 0) is 28.6 Å². The quantitative estimate of drug-likeness (QED) is 0.536. The minimum absolute atomic E-state index is 0.208. The molecule has 0 aliphatic carbocycles. The molecule has 9 heteroatoms. The third-order valence-corrected chi connectivity index (χ3v) is 5.74. The number of halogens is 2. The lowest BCUT2D eigenvalue weighted by Gasteiger charge is -2.27. The van der Waals surface area contributed by atoms with Gasteiger partial charge in [-0.25, -0.2) is 4.79 Å². The van der Waals surface area contributed by atoms with Gasteiger partial charge in [0, 0.05) is 13.3 Å². The summed E-state index contributed by atoms with van der Waals surface area (Å²) in [5.74, 6) is -5.43. The number of hydrogen-bond acceptors (Lipinski definition) is 6. The lowest BCUT2D eigenvalue weighted by molar-refractivity contribution is -0.177. The van der Waals surface area contributed by atoms with Crippen LogP contribution in [0.25, 0.3) is 0 Å². The lowest BCUT2D eigenvalue weighted by atomic mass is 9.85. The van der Waals surface area contributed by atoms with Gasteiger partial charge in [-0.05, 0) is 6.92 Å². The molecule has 3 rings (SSSR count). The van der Waals surface area contributed by atoms with E-state index in [1.54, 1.807) is 0 Å². The fourth-order valence-corrected chi connectivity index (χ4v) is 5.09. The summed E-state index contributed by atoms with van der Waals surface area (Å²) in [6.45, 7) is 1.93. The van der Waals surface area contributed by atoms with Crippen LogP contribution in [0.15, 0.2) is 0 Å². The average molecular weight is 298 g/mol. The smallest absolute Gasteiger partial charge is 0.377 e. The van der Waals surface area contributed by atoms with Crippen LogP contribution in [0.5, 0.6) is 0 Å². The Morgan fingerprint density at radius 3 is 2.68 bits per heavy atom. The van der Waals surface area contributed by atoms with Gasteiger partial charge in [0.1, 0.15) is 11.7 Å². The first-order valence-corrected chi connectivity index (χ1v) is 7.22. The first-order valence-electron chi connectivity index (χ1n) is 5.74. The molecule has 3 heterocycles. The molecule has 5 unspecified atom stereocenters. The van der Waals surface area contributed by atoms with Crippen molar-refractivity contribution < 1.29 is 35.6 Å². The van der Waals surface area contributed by atoms with Crippen molar-refractivity contribution in [3.05, 3.63) is 0 Å². The third kappa shape index (κ3) is 1.64. The second kappa shape index (κ2) is 3.44. The van der Waals surface area contributed by atoms with Gasteiger partial charge in [-0.1, -0.05) is 0 Å². The summed E-state index contributed by atoms with van der Waals surface area (Å²) in [5, 5.41) is -1.24. The van der Waals surface area contributed by atoms with Gasteiger partial charge in [0.2, 0.25) is 0 Å². The summed E-state index contributed by atoms with van der Waals surface area (Å²) >= 11 is 0. The Bertz CT molecular complexity index is 541. The molecule has 0 amide bonds. The first kappa shape index (κ1) is 13.2. The molecule has 108 valence electrons. The Labute approximate surface area is 108 Å². The highest BCUT2D eigenvalue weighted by atomic mass is 32.2. The Morgan fingerprint density at radius 2 is 2.11 bits per heavy atom. The predicted molar refractivity (Wildman–Crippen MR) is 56.0 cm³/mol. The highest BCUT2D eigenvalue weighted by Crippen LogP contribution is 2.55. The molecule has 0 spiro atoms. The monoisotopic (exact) mass is 298 g/mol. The molecule has 0 saturated carbocycles. The SMILES string of the molecule is CC(F)(F)C(=O)OC1C2CC3OS(=O)(=O)C1C3(C)O2. The van der Waals surface area contributed by atoms with Crippen LogP contribution in [0.3, 0.4) is 0 Å². The van der Waals surface area contributed by atoms with E-state index in [1.807, 2.05) is 0 Å². The normalized spacial score (nSPS) is 46.5. The minimum Gasteiger partial charge on any atom is -0.454 e. The zero-order valence-corrected chi connectivity index (χ0v) is 10.9. The minimum atomic E-state index is -3.98. The van der Waals surface area contributed by atoms with Gasteiger partial charge in [-0.3, -0.25) is 4.18 Å². The number of alkyl halides is 2. The molecule has 0 aromatic rings. The van der Waals surface area contributed by atoms with E-state index >= 15 is 0 Å². The molecule has 5 atom stereocenters. The standard InChI is InChI=1S/C10H12F2O6S/c1-9-5-3-4(17-9)6(7(9)19(14,15)18-5)16-8(13)10(2,11)12/h4-7H,3H2,1-2H3. The van der Waals surface area contributed by atoms with Gasteiger partial charge in [-0.2, -0.15) is 17.2 Å². The number of esters is 1. The molecule has 3 aliphatic rings. The lowest BCUT2D eigenvalue weighted by Crippen LogP contribution is -2.50. The molecule has 6 nitrogen and oxygen atoms in total. The van der Waals surface area contributed by atoms with E-state index < -0.39 is 51.2 Å². The number of hydrogen-bond donors (Lipinski definition) is 0. The van der Waals surface area contributed by atoms with Crippen molar-refractivity contribution in [2.24, 2.45) is 0 Å². The molecule has 2 bridgehead atoms. The van der Waals surface area contributed by atoms with Crippen molar-refractivity contribution in [3.8, 4) is 0 Å². The third-order valence-electron chi connectivity index (χ3n) is 3.88. The van der Waals surface area contributed by atoms with Gasteiger partial charge in [0.25, 0.3) is 10.1 Å². The van der Waals surface area contributed by atoms with Gasteiger partial charge < -0.3 is 9.47 Å². The molecular weight excluding hydrogens is 286 g/mol. The highest BCUT2D eigenvalue weighted by Gasteiger charge is 2.74. The van der Waals surface area contributed by atoms with Crippen molar-refractivity contribution in [2.75, 3.05) is 0 Å². The van der Waals surface area contributed by atoms with Crippen molar-refractivity contribution >= 4 is 16.1 Å². The summed E-state index contributed by atoms with van der Waals surface area (Å²) in [6.07, 6.45) is -2.39. The number of fused-ring (bicyclic) bond motifs is 1. The topological polar surface area (TPSA) is 78.9 Å². The molecule has 0 N–H and O–H groups in total. The fourth-order valence-electron chi connectivity index (χ4n) is 3.04. The molecule has 0 radical (unpaired) electrons. The van der Waals surface area contributed by atoms with E-state index in [0.29, 0.717) is 6.92 Å². The summed E-state index contributed by atoms with van der Waals surface area (Å²) in [4.78, 5) is 11.2. The van der Waals surface area contributed by atoms with E-state index in [4.69, 9.17) is 8.92 Å². The Morgan fingerprint density at radius 1 is 1.47 bits per heavy atom. The van der Waals surface area contributed by atoms with Crippen molar-refractivity contribution in [2.45, 2.75) is 55.4 Å². The van der Waals surface area contributed by atoms with E-state index in [0.717, 1.165) is 0 Å². The Kier molecular flexibility index (Phi) is 2.39. The van der Waals surface area contributed by atoms with Crippen molar-refractivity contribution in [3.63, 3.8) is 0 Å². The first-order chi connectivity index (χ1) is 8.56. The van der Waals surface area contributed by atoms with Crippen LogP contribution in [0.4, 0.5) is 8.78 Å². The highest BCUT2D eigenvalue weighted by molar-refractivity contribution is 7.87. The van der Waals surface area contributed by atoms with Crippen LogP contribution in [0.2, 0.25) is 0 Å². The number of carbonyl (C=O) groups is 1. The number of rotatable bonds is 2. The van der Waals surface area contributed by atoms with Gasteiger partial charge in [-0.15, -0.1) is 0 Å². The molecule has 3 fully saturated rings. The predicted octanol–water partition coefficient (Wildman–Crippen LogP) is 0.212. The second-order valence-electron chi connectivity index (χ2n) is 5.33. The van der Waals surface area contributed by atoms with E-state index in [1.165, 1.54) is 6.92 Å². The van der Waals surface area contributed by atoms with Crippen LogP contribution in [0.1, 0.15) is 20.3 Å². The zero-order chi connectivity index (χ0) is 14.2. The summed E-state index contributed by atoms with van der Waals surface area (Å²) in [6, 6.07) is 0. The molecule has 3 saturated heterocycles. The fraction of sp³-hybridized carbons (Fsp3) is 0.900. The largest absolute Gasteiger partial charge is 0.454 e. The Balaban J connectivity index is 1.91. The molecular formula is C10H12F2O6S. The van der Waals surface area contributed by atoms with Crippen LogP contribution >= 0.6 is 0 Å². The summed E-state index contributed by atoms with van der Waals surface area (Å²) < 4.78 is 64.4. The summed E-state index contributed by atoms with van der Waals surface area (Å²) in [7, 11) is -3.98. The van der Waals surface area contributed by atoms with Gasteiger partial charge in [0.05, 0.1) is 6.10 Å². The van der Waals surface area contributed by atoms with Gasteiger partial charge >= 0.3 is 11.9 Å². The van der Waals surface area contributed by atoms with Crippen molar-refractivity contribution in [1.82, 2.24) is 0 Å². The van der Waals surface area contributed by atoms with Gasteiger partial charge in [0.15, 0.2) is 11.4 Å². The second-order valence-corrected chi connectivity index (χ2v) is 7.02. The molecule has 0 aromatic heterocycles. The van der Waals surface area contributed by atoms with Crippen LogP contribution in [0, 0.1) is 0 Å².